The van der Waals surface area contributed by atoms with Crippen LogP contribution in [0.2, 0.25) is 0 Å². The van der Waals surface area contributed by atoms with Gasteiger partial charge >= 0.3 is 0 Å². The number of benzene rings is 2. The number of likely N-dealkylation sites (tertiary alicyclic amines) is 1. The predicted octanol–water partition coefficient (Wildman–Crippen LogP) is 5.08. The standard InChI is InChI=1S/C25H31NO2/c1-28-22-14-12-21(13-15-22)24-23-11-5-6-16-25(23,27)17-19-26(24)18-7-10-20-8-3-2-4-9-20/h2-4,7-10,12-15,23-24,27H,5-6,11,16-19H2,1H3/t23-,24-,25-/m0/s1. The maximum atomic E-state index is 11.4. The van der Waals surface area contributed by atoms with Crippen molar-refractivity contribution in [3.8, 4) is 5.75 Å². The van der Waals surface area contributed by atoms with Gasteiger partial charge in [0.15, 0.2) is 0 Å². The molecule has 28 heavy (non-hydrogen) atoms. The fourth-order valence-corrected chi connectivity index (χ4v) is 5.08. The van der Waals surface area contributed by atoms with Crippen molar-refractivity contribution < 1.29 is 9.84 Å². The molecule has 3 atom stereocenters. The summed E-state index contributed by atoms with van der Waals surface area (Å²) in [7, 11) is 1.70. The van der Waals surface area contributed by atoms with E-state index in [2.05, 4.69) is 53.5 Å². The summed E-state index contributed by atoms with van der Waals surface area (Å²) in [4.78, 5) is 2.55. The van der Waals surface area contributed by atoms with Crippen molar-refractivity contribution in [2.24, 2.45) is 5.92 Å². The first-order valence-electron chi connectivity index (χ1n) is 10.5. The molecule has 2 aliphatic rings. The second-order valence-corrected chi connectivity index (χ2v) is 8.23. The van der Waals surface area contributed by atoms with Crippen molar-refractivity contribution in [1.29, 1.82) is 0 Å². The second kappa shape index (κ2) is 8.50. The Kier molecular flexibility index (Phi) is 5.84. The highest BCUT2D eigenvalue weighted by atomic mass is 16.5. The van der Waals surface area contributed by atoms with E-state index in [0.717, 1.165) is 44.5 Å². The number of methoxy groups -OCH3 is 1. The lowest BCUT2D eigenvalue weighted by Crippen LogP contribution is -2.54. The Morgan fingerprint density at radius 3 is 2.61 bits per heavy atom. The van der Waals surface area contributed by atoms with Gasteiger partial charge in [-0.1, -0.05) is 67.5 Å². The predicted molar refractivity (Wildman–Crippen MR) is 114 cm³/mol. The molecule has 3 heteroatoms. The van der Waals surface area contributed by atoms with Gasteiger partial charge in [0, 0.05) is 25.0 Å². The van der Waals surface area contributed by atoms with Gasteiger partial charge in [-0.3, -0.25) is 4.90 Å². The van der Waals surface area contributed by atoms with Crippen LogP contribution < -0.4 is 4.74 Å². The minimum Gasteiger partial charge on any atom is -0.497 e. The molecule has 0 unspecified atom stereocenters. The molecule has 1 aliphatic heterocycles. The Bertz CT molecular complexity index is 786. The molecule has 1 saturated heterocycles. The van der Waals surface area contributed by atoms with Crippen LogP contribution in [0.15, 0.2) is 60.7 Å². The number of piperidine rings is 1. The number of hydrogen-bond donors (Lipinski definition) is 1. The van der Waals surface area contributed by atoms with Crippen LogP contribution in [-0.2, 0) is 0 Å². The molecule has 0 spiro atoms. The smallest absolute Gasteiger partial charge is 0.118 e. The zero-order valence-electron chi connectivity index (χ0n) is 16.8. The fourth-order valence-electron chi connectivity index (χ4n) is 5.08. The Hall–Kier alpha value is -2.10. The molecule has 0 aromatic heterocycles. The average molecular weight is 378 g/mol. The lowest BCUT2D eigenvalue weighted by Gasteiger charge is -2.52. The largest absolute Gasteiger partial charge is 0.497 e. The van der Waals surface area contributed by atoms with Crippen LogP contribution in [-0.4, -0.2) is 35.8 Å². The molecule has 0 amide bonds. The Morgan fingerprint density at radius 2 is 1.86 bits per heavy atom. The van der Waals surface area contributed by atoms with Gasteiger partial charge in [0.2, 0.25) is 0 Å². The Morgan fingerprint density at radius 1 is 1.07 bits per heavy atom. The number of aliphatic hydroxyl groups is 1. The van der Waals surface area contributed by atoms with Crippen LogP contribution in [0.5, 0.6) is 5.75 Å². The van der Waals surface area contributed by atoms with Gasteiger partial charge in [-0.15, -0.1) is 0 Å². The molecule has 2 aromatic rings. The summed E-state index contributed by atoms with van der Waals surface area (Å²) in [6, 6.07) is 19.2. The molecule has 1 saturated carbocycles. The molecule has 3 nitrogen and oxygen atoms in total. The summed E-state index contributed by atoms with van der Waals surface area (Å²) >= 11 is 0. The van der Waals surface area contributed by atoms with Crippen molar-refractivity contribution in [1.82, 2.24) is 4.90 Å². The monoisotopic (exact) mass is 377 g/mol. The van der Waals surface area contributed by atoms with Crippen LogP contribution in [0.1, 0.15) is 49.3 Å². The topological polar surface area (TPSA) is 32.7 Å². The van der Waals surface area contributed by atoms with Gasteiger partial charge in [-0.05, 0) is 42.5 Å². The minimum atomic E-state index is -0.511. The third-order valence-corrected chi connectivity index (χ3v) is 6.58. The summed E-state index contributed by atoms with van der Waals surface area (Å²) in [6.45, 7) is 1.83. The van der Waals surface area contributed by atoms with Crippen LogP contribution in [0.25, 0.3) is 6.08 Å². The molecular formula is C25H31NO2. The highest BCUT2D eigenvalue weighted by molar-refractivity contribution is 5.48. The average Bonchev–Trinajstić information content (AvgIpc) is 2.74. The van der Waals surface area contributed by atoms with Crippen molar-refractivity contribution in [3.05, 3.63) is 71.8 Å². The third-order valence-electron chi connectivity index (χ3n) is 6.58. The SMILES string of the molecule is COc1ccc([C@H]2[C@@H]3CCCC[C@]3(O)CCN2CC=Cc2ccccc2)cc1. The first-order valence-corrected chi connectivity index (χ1v) is 10.5. The van der Waals surface area contributed by atoms with E-state index in [9.17, 15) is 5.11 Å². The normalized spacial score (nSPS) is 28.2. The van der Waals surface area contributed by atoms with Gasteiger partial charge in [-0.25, -0.2) is 0 Å². The second-order valence-electron chi connectivity index (χ2n) is 8.23. The van der Waals surface area contributed by atoms with Crippen molar-refractivity contribution in [3.63, 3.8) is 0 Å². The molecule has 1 N–H and O–H groups in total. The van der Waals surface area contributed by atoms with Crippen molar-refractivity contribution in [2.45, 2.75) is 43.7 Å². The maximum Gasteiger partial charge on any atom is 0.118 e. The van der Waals surface area contributed by atoms with E-state index in [-0.39, 0.29) is 6.04 Å². The Labute approximate surface area is 168 Å². The van der Waals surface area contributed by atoms with E-state index in [1.165, 1.54) is 17.5 Å². The number of hydrogen-bond acceptors (Lipinski definition) is 3. The third kappa shape index (κ3) is 4.01. The highest BCUT2D eigenvalue weighted by Gasteiger charge is 2.48. The summed E-state index contributed by atoms with van der Waals surface area (Å²) in [5, 5.41) is 11.4. The molecular weight excluding hydrogens is 346 g/mol. The number of fused-ring (bicyclic) bond motifs is 1. The minimum absolute atomic E-state index is 0.255. The fraction of sp³-hybridized carbons (Fsp3) is 0.440. The van der Waals surface area contributed by atoms with E-state index >= 15 is 0 Å². The van der Waals surface area contributed by atoms with Crippen molar-refractivity contribution >= 4 is 6.08 Å². The molecule has 1 heterocycles. The van der Waals surface area contributed by atoms with Crippen LogP contribution in [0.4, 0.5) is 0 Å². The van der Waals surface area contributed by atoms with Gasteiger partial charge < -0.3 is 9.84 Å². The van der Waals surface area contributed by atoms with Gasteiger partial charge in [0.1, 0.15) is 5.75 Å². The van der Waals surface area contributed by atoms with Gasteiger partial charge in [0.25, 0.3) is 0 Å². The first kappa shape index (κ1) is 19.2. The van der Waals surface area contributed by atoms with E-state index in [1.807, 2.05) is 18.2 Å². The lowest BCUT2D eigenvalue weighted by atomic mass is 9.66. The van der Waals surface area contributed by atoms with Crippen LogP contribution in [0, 0.1) is 5.92 Å². The molecule has 2 fully saturated rings. The molecule has 4 rings (SSSR count). The summed E-state index contributed by atoms with van der Waals surface area (Å²) in [5.74, 6) is 1.18. The van der Waals surface area contributed by atoms with E-state index in [4.69, 9.17) is 4.74 Å². The van der Waals surface area contributed by atoms with Gasteiger partial charge in [-0.2, -0.15) is 0 Å². The zero-order valence-corrected chi connectivity index (χ0v) is 16.8. The molecule has 148 valence electrons. The Balaban J connectivity index is 1.58. The first-order chi connectivity index (χ1) is 13.7. The summed E-state index contributed by atoms with van der Waals surface area (Å²) in [6.07, 6.45) is 9.75. The van der Waals surface area contributed by atoms with Crippen LogP contribution >= 0.6 is 0 Å². The number of nitrogens with zero attached hydrogens (tertiary/aromatic N) is 1. The molecule has 0 bridgehead atoms. The summed E-state index contributed by atoms with van der Waals surface area (Å²) < 4.78 is 5.35. The number of rotatable bonds is 5. The molecule has 0 radical (unpaired) electrons. The van der Waals surface area contributed by atoms with Gasteiger partial charge in [0.05, 0.1) is 12.7 Å². The molecule has 1 aliphatic carbocycles. The summed E-state index contributed by atoms with van der Waals surface area (Å²) in [5.41, 5.74) is 2.01. The highest BCUT2D eigenvalue weighted by Crippen LogP contribution is 2.49. The van der Waals surface area contributed by atoms with E-state index < -0.39 is 5.60 Å². The van der Waals surface area contributed by atoms with E-state index in [0.29, 0.717) is 5.92 Å². The quantitative estimate of drug-likeness (QED) is 0.789. The van der Waals surface area contributed by atoms with E-state index in [1.54, 1.807) is 7.11 Å². The molecule has 2 aromatic carbocycles. The lowest BCUT2D eigenvalue weighted by molar-refractivity contribution is -0.122. The maximum absolute atomic E-state index is 11.4. The van der Waals surface area contributed by atoms with Crippen molar-refractivity contribution in [2.75, 3.05) is 20.2 Å². The number of ether oxygens (including phenoxy) is 1. The zero-order chi connectivity index (χ0) is 19.4. The van der Waals surface area contributed by atoms with Crippen LogP contribution in [0.3, 0.4) is 0 Å².